The van der Waals surface area contributed by atoms with Gasteiger partial charge in [-0.3, -0.25) is 0 Å². The summed E-state index contributed by atoms with van der Waals surface area (Å²) in [7, 11) is 0. The van der Waals surface area contributed by atoms with Crippen molar-refractivity contribution in [3.63, 3.8) is 0 Å². The van der Waals surface area contributed by atoms with Crippen molar-refractivity contribution >= 4 is 0 Å². The fourth-order valence-corrected chi connectivity index (χ4v) is 2.46. The molecule has 3 nitrogen and oxygen atoms in total. The van der Waals surface area contributed by atoms with E-state index in [1.165, 1.54) is 30.8 Å². The molecule has 1 aromatic heterocycles. The van der Waals surface area contributed by atoms with E-state index in [-0.39, 0.29) is 0 Å². The van der Waals surface area contributed by atoms with Crippen molar-refractivity contribution in [1.82, 2.24) is 9.55 Å². The summed E-state index contributed by atoms with van der Waals surface area (Å²) in [6.45, 7) is 5.22. The van der Waals surface area contributed by atoms with Gasteiger partial charge in [-0.1, -0.05) is 13.8 Å². The summed E-state index contributed by atoms with van der Waals surface area (Å²) in [5.74, 6) is 1.90. The van der Waals surface area contributed by atoms with Gasteiger partial charge >= 0.3 is 0 Å². The summed E-state index contributed by atoms with van der Waals surface area (Å²) in [6.07, 6.45) is 6.75. The predicted octanol–water partition coefficient (Wildman–Crippen LogP) is 1.92. The average molecular weight is 207 g/mol. The van der Waals surface area contributed by atoms with Gasteiger partial charge in [0.05, 0.1) is 0 Å². The fraction of sp³-hybridized carbons (Fsp3) is 0.750. The molecule has 2 N–H and O–H groups in total. The lowest BCUT2D eigenvalue weighted by Crippen LogP contribution is -2.26. The van der Waals surface area contributed by atoms with E-state index in [4.69, 9.17) is 5.73 Å². The van der Waals surface area contributed by atoms with Crippen LogP contribution in [0.15, 0.2) is 6.20 Å². The molecule has 0 saturated carbocycles. The summed E-state index contributed by atoms with van der Waals surface area (Å²) in [5, 5.41) is 0. The van der Waals surface area contributed by atoms with Crippen LogP contribution < -0.4 is 5.73 Å². The van der Waals surface area contributed by atoms with Crippen LogP contribution >= 0.6 is 0 Å². The number of aromatic nitrogens is 2. The molecule has 0 amide bonds. The molecule has 0 fully saturated rings. The quantitative estimate of drug-likeness (QED) is 0.823. The van der Waals surface area contributed by atoms with Crippen molar-refractivity contribution in [3.05, 3.63) is 17.7 Å². The molecule has 0 saturated heterocycles. The monoisotopic (exact) mass is 207 g/mol. The van der Waals surface area contributed by atoms with Crippen molar-refractivity contribution in [1.29, 1.82) is 0 Å². The van der Waals surface area contributed by atoms with Crippen LogP contribution in [-0.4, -0.2) is 16.1 Å². The standard InChI is InChI=1S/C12H21N3/c1-9(2)6-12-14-8-11-5-3-4-10(7-13)15(11)12/h8-10H,3-7,13H2,1-2H3. The summed E-state index contributed by atoms with van der Waals surface area (Å²) in [4.78, 5) is 4.54. The van der Waals surface area contributed by atoms with Gasteiger partial charge < -0.3 is 10.3 Å². The van der Waals surface area contributed by atoms with Crippen LogP contribution in [0.3, 0.4) is 0 Å². The topological polar surface area (TPSA) is 43.8 Å². The van der Waals surface area contributed by atoms with Crippen molar-refractivity contribution in [2.75, 3.05) is 6.54 Å². The summed E-state index contributed by atoms with van der Waals surface area (Å²) >= 11 is 0. The molecule has 0 radical (unpaired) electrons. The van der Waals surface area contributed by atoms with Gasteiger partial charge in [-0.15, -0.1) is 0 Å². The van der Waals surface area contributed by atoms with Crippen LogP contribution in [0.25, 0.3) is 0 Å². The fourth-order valence-electron chi connectivity index (χ4n) is 2.46. The molecular formula is C12H21N3. The molecule has 0 aliphatic carbocycles. The summed E-state index contributed by atoms with van der Waals surface area (Å²) in [5.41, 5.74) is 7.21. The Labute approximate surface area is 91.7 Å². The number of rotatable bonds is 3. The average Bonchev–Trinajstić information content (AvgIpc) is 2.61. The Kier molecular flexibility index (Phi) is 3.10. The van der Waals surface area contributed by atoms with E-state index in [1.54, 1.807) is 0 Å². The molecule has 1 aliphatic heterocycles. The first kappa shape index (κ1) is 10.7. The Morgan fingerprint density at radius 1 is 1.60 bits per heavy atom. The highest BCUT2D eigenvalue weighted by Crippen LogP contribution is 2.26. The van der Waals surface area contributed by atoms with Gasteiger partial charge in [-0.25, -0.2) is 4.98 Å². The number of imidazole rings is 1. The van der Waals surface area contributed by atoms with E-state index >= 15 is 0 Å². The van der Waals surface area contributed by atoms with Crippen LogP contribution in [0.4, 0.5) is 0 Å². The third kappa shape index (κ3) is 2.07. The Morgan fingerprint density at radius 2 is 2.40 bits per heavy atom. The third-order valence-corrected chi connectivity index (χ3v) is 3.15. The zero-order valence-corrected chi connectivity index (χ0v) is 9.74. The molecular weight excluding hydrogens is 186 g/mol. The highest BCUT2D eigenvalue weighted by atomic mass is 15.1. The normalized spacial score (nSPS) is 20.7. The van der Waals surface area contributed by atoms with E-state index in [2.05, 4.69) is 23.4 Å². The van der Waals surface area contributed by atoms with Crippen LogP contribution in [0, 0.1) is 5.92 Å². The SMILES string of the molecule is CC(C)Cc1ncc2n1C(CN)CCC2. The largest absolute Gasteiger partial charge is 0.328 e. The van der Waals surface area contributed by atoms with Gasteiger partial charge in [-0.05, 0) is 25.2 Å². The predicted molar refractivity (Wildman–Crippen MR) is 61.8 cm³/mol. The molecule has 3 heteroatoms. The molecule has 15 heavy (non-hydrogen) atoms. The molecule has 2 rings (SSSR count). The van der Waals surface area contributed by atoms with E-state index in [0.717, 1.165) is 13.0 Å². The van der Waals surface area contributed by atoms with Gasteiger partial charge in [0.1, 0.15) is 5.82 Å². The second-order valence-corrected chi connectivity index (χ2v) is 4.92. The Hall–Kier alpha value is -0.830. The van der Waals surface area contributed by atoms with Crippen molar-refractivity contribution < 1.29 is 0 Å². The van der Waals surface area contributed by atoms with Gasteiger partial charge in [0, 0.05) is 30.9 Å². The van der Waals surface area contributed by atoms with Gasteiger partial charge in [0.15, 0.2) is 0 Å². The highest BCUT2D eigenvalue weighted by Gasteiger charge is 2.22. The number of fused-ring (bicyclic) bond motifs is 1. The molecule has 0 spiro atoms. The molecule has 0 aromatic carbocycles. The minimum atomic E-state index is 0.491. The maximum absolute atomic E-state index is 5.83. The van der Waals surface area contributed by atoms with Gasteiger partial charge in [-0.2, -0.15) is 0 Å². The lowest BCUT2D eigenvalue weighted by atomic mass is 10.0. The van der Waals surface area contributed by atoms with Gasteiger partial charge in [0.25, 0.3) is 0 Å². The molecule has 2 heterocycles. The van der Waals surface area contributed by atoms with Crippen LogP contribution in [0.5, 0.6) is 0 Å². The Bertz CT molecular complexity index is 328. The Balaban J connectivity index is 2.29. The molecule has 1 unspecified atom stereocenters. The lowest BCUT2D eigenvalue weighted by molar-refractivity contribution is 0.391. The maximum atomic E-state index is 5.83. The number of nitrogens with zero attached hydrogens (tertiary/aromatic N) is 2. The summed E-state index contributed by atoms with van der Waals surface area (Å²) in [6, 6.07) is 0.491. The number of hydrogen-bond acceptors (Lipinski definition) is 2. The van der Waals surface area contributed by atoms with E-state index < -0.39 is 0 Å². The second kappa shape index (κ2) is 4.35. The van der Waals surface area contributed by atoms with Crippen molar-refractivity contribution in [2.24, 2.45) is 11.7 Å². The lowest BCUT2D eigenvalue weighted by Gasteiger charge is -2.26. The van der Waals surface area contributed by atoms with E-state index in [0.29, 0.717) is 12.0 Å². The zero-order valence-electron chi connectivity index (χ0n) is 9.74. The van der Waals surface area contributed by atoms with E-state index in [9.17, 15) is 0 Å². The van der Waals surface area contributed by atoms with Crippen LogP contribution in [0.2, 0.25) is 0 Å². The summed E-state index contributed by atoms with van der Waals surface area (Å²) < 4.78 is 2.39. The minimum Gasteiger partial charge on any atom is -0.328 e. The smallest absolute Gasteiger partial charge is 0.109 e. The molecule has 84 valence electrons. The Morgan fingerprint density at radius 3 is 3.07 bits per heavy atom. The first-order valence-electron chi connectivity index (χ1n) is 5.97. The number of hydrogen-bond donors (Lipinski definition) is 1. The van der Waals surface area contributed by atoms with Crippen LogP contribution in [0.1, 0.15) is 44.2 Å². The zero-order chi connectivity index (χ0) is 10.8. The number of aryl methyl sites for hydroxylation is 1. The molecule has 1 aromatic rings. The minimum absolute atomic E-state index is 0.491. The maximum Gasteiger partial charge on any atom is 0.109 e. The molecule has 0 bridgehead atoms. The third-order valence-electron chi connectivity index (χ3n) is 3.15. The molecule has 1 aliphatic rings. The van der Waals surface area contributed by atoms with Gasteiger partial charge in [0.2, 0.25) is 0 Å². The van der Waals surface area contributed by atoms with E-state index in [1.807, 2.05) is 6.20 Å². The second-order valence-electron chi connectivity index (χ2n) is 4.92. The van der Waals surface area contributed by atoms with Crippen LogP contribution in [-0.2, 0) is 12.8 Å². The first-order chi connectivity index (χ1) is 7.22. The van der Waals surface area contributed by atoms with Crippen molar-refractivity contribution in [2.45, 2.75) is 45.6 Å². The first-order valence-corrected chi connectivity index (χ1v) is 5.97. The number of nitrogens with two attached hydrogens (primary N) is 1. The highest BCUT2D eigenvalue weighted by molar-refractivity contribution is 5.11. The van der Waals surface area contributed by atoms with Crippen molar-refractivity contribution in [3.8, 4) is 0 Å². The molecule has 1 atom stereocenters.